The molecule has 0 spiro atoms. The molecule has 10 rings (SSSR count). The molecule has 0 atom stereocenters. The summed E-state index contributed by atoms with van der Waals surface area (Å²) in [4.78, 5) is 10.5. The van der Waals surface area contributed by atoms with Crippen molar-refractivity contribution in [1.29, 1.82) is 0 Å². The second-order valence-corrected chi connectivity index (χ2v) is 12.9. The summed E-state index contributed by atoms with van der Waals surface area (Å²) < 4.78 is 4.93. The van der Waals surface area contributed by atoms with E-state index in [1.54, 1.807) is 0 Å². The summed E-state index contributed by atoms with van der Waals surface area (Å²) >= 11 is 1.87. The quantitative estimate of drug-likeness (QED) is 0.201. The molecule has 0 N–H and O–H groups in total. The van der Waals surface area contributed by atoms with Crippen molar-refractivity contribution in [2.75, 3.05) is 0 Å². The second-order valence-electron chi connectivity index (χ2n) is 11.8. The fourth-order valence-corrected chi connectivity index (χ4v) is 8.21. The van der Waals surface area contributed by atoms with Crippen LogP contribution in [0.2, 0.25) is 0 Å². The minimum absolute atomic E-state index is 0.825. The Hall–Kier alpha value is -5.84. The van der Waals surface area contributed by atoms with Crippen molar-refractivity contribution >= 4 is 74.9 Å². The van der Waals surface area contributed by atoms with E-state index in [4.69, 9.17) is 9.97 Å². The third kappa shape index (κ3) is 3.77. The van der Waals surface area contributed by atoms with Gasteiger partial charge in [-0.2, -0.15) is 0 Å². The van der Waals surface area contributed by atoms with Gasteiger partial charge in [-0.3, -0.25) is 4.57 Å². The first-order valence-corrected chi connectivity index (χ1v) is 16.3. The molecule has 0 bridgehead atoms. The van der Waals surface area contributed by atoms with Gasteiger partial charge in [-0.1, -0.05) is 115 Å². The summed E-state index contributed by atoms with van der Waals surface area (Å²) in [6.45, 7) is 0. The van der Waals surface area contributed by atoms with Gasteiger partial charge < -0.3 is 0 Å². The smallest absolute Gasteiger partial charge is 0.164 e. The summed E-state index contributed by atoms with van der Waals surface area (Å²) in [7, 11) is 0. The van der Waals surface area contributed by atoms with E-state index >= 15 is 0 Å². The number of fused-ring (bicyclic) bond motifs is 9. The molecule has 3 nitrogen and oxygen atoms in total. The maximum atomic E-state index is 5.30. The summed E-state index contributed by atoms with van der Waals surface area (Å²) in [5, 5.41) is 10.0. The molecule has 46 heavy (non-hydrogen) atoms. The van der Waals surface area contributed by atoms with Crippen molar-refractivity contribution in [3.8, 4) is 28.3 Å². The number of hydrogen-bond acceptors (Lipinski definition) is 3. The zero-order valence-corrected chi connectivity index (χ0v) is 25.5. The van der Waals surface area contributed by atoms with Crippen LogP contribution < -0.4 is 0 Å². The van der Waals surface area contributed by atoms with Gasteiger partial charge in [0.2, 0.25) is 0 Å². The van der Waals surface area contributed by atoms with E-state index < -0.39 is 0 Å². The molecule has 3 heterocycles. The Bertz CT molecular complexity index is 2790. The molecule has 0 aliphatic carbocycles. The standard InChI is InChI=1S/C42H25N3S/c1-3-12-27(13-4-1)35-25-43-42(41(44-35)28-14-5-2-6-15-28)45-36-20-19-26-11-9-10-18-31(26)40(36)34-24-39-33(23-37(34)45)32-21-29-16-7-8-17-30(29)22-38(32)46-39/h1-25H. The summed E-state index contributed by atoms with van der Waals surface area (Å²) in [6.07, 6.45) is 1.92. The Morgan fingerprint density at radius 3 is 1.93 bits per heavy atom. The second kappa shape index (κ2) is 9.83. The molecular formula is C42H25N3S. The predicted octanol–water partition coefficient (Wildman–Crippen LogP) is 11.6. The van der Waals surface area contributed by atoms with Crippen molar-refractivity contribution in [3.05, 3.63) is 152 Å². The highest BCUT2D eigenvalue weighted by molar-refractivity contribution is 7.26. The van der Waals surface area contributed by atoms with Crippen molar-refractivity contribution in [2.24, 2.45) is 0 Å². The van der Waals surface area contributed by atoms with Gasteiger partial charge in [0, 0.05) is 42.1 Å². The minimum atomic E-state index is 0.825. The molecule has 0 saturated carbocycles. The zero-order chi connectivity index (χ0) is 30.2. The molecule has 0 radical (unpaired) electrons. The number of benzene rings is 7. The monoisotopic (exact) mass is 603 g/mol. The van der Waals surface area contributed by atoms with E-state index in [2.05, 4.69) is 126 Å². The van der Waals surface area contributed by atoms with E-state index in [0.29, 0.717) is 0 Å². The number of hydrogen-bond donors (Lipinski definition) is 0. The Labute approximate surface area is 268 Å². The van der Waals surface area contributed by atoms with Gasteiger partial charge in [0.25, 0.3) is 0 Å². The Morgan fingerprint density at radius 1 is 0.478 bits per heavy atom. The van der Waals surface area contributed by atoms with Crippen LogP contribution >= 0.6 is 11.3 Å². The molecule has 0 unspecified atom stereocenters. The maximum Gasteiger partial charge on any atom is 0.164 e. The largest absolute Gasteiger partial charge is 0.292 e. The molecule has 0 amide bonds. The van der Waals surface area contributed by atoms with Crippen LogP contribution in [0.4, 0.5) is 0 Å². The molecule has 0 fully saturated rings. The van der Waals surface area contributed by atoms with Crippen molar-refractivity contribution < 1.29 is 0 Å². The van der Waals surface area contributed by atoms with Crippen molar-refractivity contribution in [3.63, 3.8) is 0 Å². The first kappa shape index (κ1) is 25.5. The normalized spacial score (nSPS) is 11.9. The Balaban J connectivity index is 1.36. The van der Waals surface area contributed by atoms with Crippen LogP contribution in [-0.4, -0.2) is 14.5 Å². The van der Waals surface area contributed by atoms with Crippen LogP contribution in [0, 0.1) is 0 Å². The summed E-state index contributed by atoms with van der Waals surface area (Å²) in [5.41, 5.74) is 6.05. The molecule has 0 aliphatic heterocycles. The lowest BCUT2D eigenvalue weighted by Gasteiger charge is -2.14. The van der Waals surface area contributed by atoms with E-state index in [1.807, 2.05) is 41.8 Å². The third-order valence-corrected chi connectivity index (χ3v) is 10.3. The molecule has 0 aliphatic rings. The van der Waals surface area contributed by atoms with E-state index in [0.717, 1.165) is 39.4 Å². The average Bonchev–Trinajstić information content (AvgIpc) is 3.64. The summed E-state index contributed by atoms with van der Waals surface area (Å²) in [6, 6.07) is 52.0. The first-order chi connectivity index (χ1) is 22.8. The number of aromatic nitrogens is 3. The highest BCUT2D eigenvalue weighted by Gasteiger charge is 2.22. The van der Waals surface area contributed by atoms with Crippen LogP contribution in [0.15, 0.2) is 152 Å². The lowest BCUT2D eigenvalue weighted by molar-refractivity contribution is 1.05. The van der Waals surface area contributed by atoms with E-state index in [9.17, 15) is 0 Å². The van der Waals surface area contributed by atoms with Gasteiger partial charge in [-0.25, -0.2) is 9.97 Å². The molecule has 3 aromatic heterocycles. The van der Waals surface area contributed by atoms with Crippen molar-refractivity contribution in [2.45, 2.75) is 0 Å². The number of rotatable bonds is 3. The first-order valence-electron chi connectivity index (χ1n) is 15.5. The van der Waals surface area contributed by atoms with Crippen LogP contribution in [0.3, 0.4) is 0 Å². The van der Waals surface area contributed by atoms with Gasteiger partial charge in [0.15, 0.2) is 5.82 Å². The lowest BCUT2D eigenvalue weighted by atomic mass is 10.0. The van der Waals surface area contributed by atoms with Crippen LogP contribution in [0.1, 0.15) is 0 Å². The Kier molecular flexibility index (Phi) is 5.45. The van der Waals surface area contributed by atoms with Gasteiger partial charge in [0.1, 0.15) is 5.69 Å². The minimum Gasteiger partial charge on any atom is -0.292 e. The third-order valence-electron chi connectivity index (χ3n) is 9.20. The van der Waals surface area contributed by atoms with E-state index in [-0.39, 0.29) is 0 Å². The highest BCUT2D eigenvalue weighted by atomic mass is 32.1. The molecule has 7 aromatic carbocycles. The molecule has 0 saturated heterocycles. The van der Waals surface area contributed by atoms with Gasteiger partial charge in [-0.05, 0) is 51.9 Å². The fourth-order valence-electron chi connectivity index (χ4n) is 7.05. The predicted molar refractivity (Wildman–Crippen MR) is 195 cm³/mol. The van der Waals surface area contributed by atoms with Crippen LogP contribution in [0.5, 0.6) is 0 Å². The topological polar surface area (TPSA) is 30.7 Å². The average molecular weight is 604 g/mol. The molecular weight excluding hydrogens is 579 g/mol. The molecule has 4 heteroatoms. The SMILES string of the molecule is c1ccc(-c2cnc(-n3c4cc5c(cc4c4c6ccccc6ccc43)sc3cc4ccccc4cc35)c(-c3ccccc3)n2)cc1. The zero-order valence-electron chi connectivity index (χ0n) is 24.7. The van der Waals surface area contributed by atoms with Crippen molar-refractivity contribution in [1.82, 2.24) is 14.5 Å². The fraction of sp³-hybridized carbons (Fsp3) is 0. The number of nitrogens with zero attached hydrogens (tertiary/aromatic N) is 3. The maximum absolute atomic E-state index is 5.30. The molecule has 214 valence electrons. The van der Waals surface area contributed by atoms with Crippen LogP contribution in [-0.2, 0) is 0 Å². The van der Waals surface area contributed by atoms with Gasteiger partial charge >= 0.3 is 0 Å². The molecule has 10 aromatic rings. The van der Waals surface area contributed by atoms with Crippen LogP contribution in [0.25, 0.3) is 91.9 Å². The number of thiophene rings is 1. The van der Waals surface area contributed by atoms with Gasteiger partial charge in [0.05, 0.1) is 22.9 Å². The van der Waals surface area contributed by atoms with Gasteiger partial charge in [-0.15, -0.1) is 11.3 Å². The van der Waals surface area contributed by atoms with E-state index in [1.165, 1.54) is 52.5 Å². The summed E-state index contributed by atoms with van der Waals surface area (Å²) in [5.74, 6) is 0.825. The highest BCUT2D eigenvalue weighted by Crippen LogP contribution is 2.44. The lowest BCUT2D eigenvalue weighted by Crippen LogP contribution is -2.03. The Morgan fingerprint density at radius 2 is 1.13 bits per heavy atom.